The fraction of sp³-hybridized carbons (Fsp3) is 0.667. The van der Waals surface area contributed by atoms with Crippen molar-refractivity contribution in [3.8, 4) is 0 Å². The molecule has 1 heterocycles. The summed E-state index contributed by atoms with van der Waals surface area (Å²) >= 11 is 0. The Labute approximate surface area is 123 Å². The first-order valence-corrected chi connectivity index (χ1v) is 7.44. The number of aromatic nitrogens is 1. The molecule has 6 heteroatoms. The van der Waals surface area contributed by atoms with Crippen molar-refractivity contribution in [1.82, 2.24) is 9.88 Å². The maximum Gasteiger partial charge on any atom is 0.268 e. The van der Waals surface area contributed by atoms with Crippen LogP contribution in [0.15, 0.2) is 18.3 Å². The third-order valence-electron chi connectivity index (χ3n) is 4.01. The molecule has 1 aromatic heterocycles. The van der Waals surface area contributed by atoms with Crippen LogP contribution in [-0.4, -0.2) is 34.2 Å². The molecule has 118 valence electrons. The SMILES string of the molecule is O=C(NCC1(O)CCCCCC1)c1cccn1CC(F)F. The molecular weight excluding hydrogens is 278 g/mol. The lowest BCUT2D eigenvalue weighted by Crippen LogP contribution is -2.43. The number of hydrogen-bond acceptors (Lipinski definition) is 2. The van der Waals surface area contributed by atoms with E-state index in [1.54, 1.807) is 6.07 Å². The van der Waals surface area contributed by atoms with E-state index in [2.05, 4.69) is 5.32 Å². The molecule has 0 atom stereocenters. The summed E-state index contributed by atoms with van der Waals surface area (Å²) in [6.07, 6.45) is 4.41. The van der Waals surface area contributed by atoms with E-state index in [4.69, 9.17) is 0 Å². The van der Waals surface area contributed by atoms with Crippen LogP contribution in [-0.2, 0) is 6.54 Å². The fourth-order valence-electron chi connectivity index (χ4n) is 2.83. The summed E-state index contributed by atoms with van der Waals surface area (Å²) in [5.74, 6) is -0.418. The van der Waals surface area contributed by atoms with Gasteiger partial charge in [-0.3, -0.25) is 4.79 Å². The van der Waals surface area contributed by atoms with Gasteiger partial charge in [-0.2, -0.15) is 0 Å². The minimum atomic E-state index is -2.50. The van der Waals surface area contributed by atoms with E-state index >= 15 is 0 Å². The molecule has 1 fully saturated rings. The van der Waals surface area contributed by atoms with Crippen molar-refractivity contribution < 1.29 is 18.7 Å². The Kier molecular flexibility index (Phi) is 5.33. The van der Waals surface area contributed by atoms with Gasteiger partial charge < -0.3 is 15.0 Å². The van der Waals surface area contributed by atoms with Gasteiger partial charge in [-0.1, -0.05) is 25.7 Å². The van der Waals surface area contributed by atoms with E-state index in [0.29, 0.717) is 12.8 Å². The van der Waals surface area contributed by atoms with Gasteiger partial charge >= 0.3 is 0 Å². The van der Waals surface area contributed by atoms with Gasteiger partial charge in [0, 0.05) is 12.7 Å². The van der Waals surface area contributed by atoms with Gasteiger partial charge in [-0.15, -0.1) is 0 Å². The molecule has 1 aromatic rings. The maximum absolute atomic E-state index is 12.4. The van der Waals surface area contributed by atoms with Crippen molar-refractivity contribution in [1.29, 1.82) is 0 Å². The van der Waals surface area contributed by atoms with Crippen LogP contribution < -0.4 is 5.32 Å². The first-order valence-electron chi connectivity index (χ1n) is 7.44. The summed E-state index contributed by atoms with van der Waals surface area (Å²) < 4.78 is 26.1. The van der Waals surface area contributed by atoms with Crippen LogP contribution in [0.1, 0.15) is 49.0 Å². The van der Waals surface area contributed by atoms with Gasteiger partial charge in [0.2, 0.25) is 0 Å². The summed E-state index contributed by atoms with van der Waals surface area (Å²) in [7, 11) is 0. The van der Waals surface area contributed by atoms with Crippen LogP contribution >= 0.6 is 0 Å². The van der Waals surface area contributed by atoms with Crippen molar-refractivity contribution in [3.63, 3.8) is 0 Å². The molecule has 1 amide bonds. The smallest absolute Gasteiger partial charge is 0.268 e. The van der Waals surface area contributed by atoms with Gasteiger partial charge in [0.15, 0.2) is 0 Å². The molecule has 1 aliphatic carbocycles. The van der Waals surface area contributed by atoms with E-state index in [1.807, 2.05) is 0 Å². The summed E-state index contributed by atoms with van der Waals surface area (Å²) in [6, 6.07) is 3.08. The molecule has 2 rings (SSSR count). The molecule has 0 aromatic carbocycles. The van der Waals surface area contributed by atoms with E-state index in [9.17, 15) is 18.7 Å². The zero-order valence-electron chi connectivity index (χ0n) is 12.0. The molecule has 0 bridgehead atoms. The number of aliphatic hydroxyl groups is 1. The zero-order chi connectivity index (χ0) is 15.3. The second-order valence-corrected chi connectivity index (χ2v) is 5.76. The molecule has 0 unspecified atom stereocenters. The molecule has 0 radical (unpaired) electrons. The van der Waals surface area contributed by atoms with E-state index in [-0.39, 0.29) is 12.2 Å². The number of nitrogens with zero attached hydrogens (tertiary/aromatic N) is 1. The highest BCUT2D eigenvalue weighted by Crippen LogP contribution is 2.26. The van der Waals surface area contributed by atoms with Gasteiger partial charge in [-0.25, -0.2) is 8.78 Å². The van der Waals surface area contributed by atoms with Crippen LogP contribution in [0.5, 0.6) is 0 Å². The number of hydrogen-bond donors (Lipinski definition) is 2. The summed E-state index contributed by atoms with van der Waals surface area (Å²) in [5, 5.41) is 13.2. The summed E-state index contributed by atoms with van der Waals surface area (Å²) in [6.45, 7) is -0.328. The van der Waals surface area contributed by atoms with Crippen LogP contribution in [0, 0.1) is 0 Å². The van der Waals surface area contributed by atoms with Gasteiger partial charge in [0.05, 0.1) is 12.1 Å². The first kappa shape index (κ1) is 15.9. The average Bonchev–Trinajstić information content (AvgIpc) is 2.76. The van der Waals surface area contributed by atoms with Gasteiger partial charge in [-0.05, 0) is 25.0 Å². The molecule has 0 aliphatic heterocycles. The lowest BCUT2D eigenvalue weighted by molar-refractivity contribution is 0.0244. The Morgan fingerprint density at radius 2 is 2.00 bits per heavy atom. The molecular formula is C15H22F2N2O2. The Bertz CT molecular complexity index is 466. The van der Waals surface area contributed by atoms with E-state index < -0.39 is 24.5 Å². The number of alkyl halides is 2. The Morgan fingerprint density at radius 1 is 1.33 bits per heavy atom. The van der Waals surface area contributed by atoms with E-state index in [0.717, 1.165) is 25.7 Å². The third-order valence-corrected chi connectivity index (χ3v) is 4.01. The Morgan fingerprint density at radius 3 is 2.62 bits per heavy atom. The number of rotatable bonds is 5. The quantitative estimate of drug-likeness (QED) is 0.821. The lowest BCUT2D eigenvalue weighted by atomic mass is 9.94. The lowest BCUT2D eigenvalue weighted by Gasteiger charge is -2.26. The average molecular weight is 300 g/mol. The van der Waals surface area contributed by atoms with Crippen LogP contribution in [0.3, 0.4) is 0 Å². The molecule has 0 spiro atoms. The summed E-state index contributed by atoms with van der Waals surface area (Å²) in [4.78, 5) is 12.1. The minimum Gasteiger partial charge on any atom is -0.388 e. The van der Waals surface area contributed by atoms with Crippen LogP contribution in [0.25, 0.3) is 0 Å². The van der Waals surface area contributed by atoms with Gasteiger partial charge in [0.25, 0.3) is 12.3 Å². The van der Waals surface area contributed by atoms with Crippen molar-refractivity contribution in [2.45, 2.75) is 57.1 Å². The summed E-state index contributed by atoms with van der Waals surface area (Å²) in [5.41, 5.74) is -0.667. The molecule has 4 nitrogen and oxygen atoms in total. The van der Waals surface area contributed by atoms with Crippen molar-refractivity contribution in [3.05, 3.63) is 24.0 Å². The molecule has 0 saturated heterocycles. The fourth-order valence-corrected chi connectivity index (χ4v) is 2.83. The highest BCUT2D eigenvalue weighted by molar-refractivity contribution is 5.92. The second-order valence-electron chi connectivity index (χ2n) is 5.76. The predicted molar refractivity (Wildman–Crippen MR) is 75.4 cm³/mol. The van der Waals surface area contributed by atoms with Crippen LogP contribution in [0.4, 0.5) is 8.78 Å². The number of nitrogens with one attached hydrogen (secondary N) is 1. The Balaban J connectivity index is 1.93. The van der Waals surface area contributed by atoms with Crippen LogP contribution in [0.2, 0.25) is 0 Å². The Hall–Kier alpha value is -1.43. The first-order chi connectivity index (χ1) is 10.0. The topological polar surface area (TPSA) is 54.3 Å². The standard InChI is InChI=1S/C15H22F2N2O2/c16-13(17)10-19-9-5-6-12(19)14(20)18-11-15(21)7-3-1-2-4-8-15/h5-6,9,13,21H,1-4,7-8,10-11H2,(H,18,20). The number of carbonyl (C=O) groups excluding carboxylic acids is 1. The third kappa shape index (κ3) is 4.52. The van der Waals surface area contributed by atoms with Gasteiger partial charge in [0.1, 0.15) is 5.69 Å². The molecule has 2 N–H and O–H groups in total. The molecule has 1 saturated carbocycles. The largest absolute Gasteiger partial charge is 0.388 e. The highest BCUT2D eigenvalue weighted by Gasteiger charge is 2.28. The highest BCUT2D eigenvalue weighted by atomic mass is 19.3. The second kappa shape index (κ2) is 7.02. The molecule has 1 aliphatic rings. The normalized spacial score (nSPS) is 18.5. The number of amides is 1. The number of halogens is 2. The molecule has 21 heavy (non-hydrogen) atoms. The minimum absolute atomic E-state index is 0.172. The monoisotopic (exact) mass is 300 g/mol. The predicted octanol–water partition coefficient (Wildman–Crippen LogP) is 2.57. The number of carbonyl (C=O) groups is 1. The van der Waals surface area contributed by atoms with E-state index in [1.165, 1.54) is 16.8 Å². The van der Waals surface area contributed by atoms with Crippen molar-refractivity contribution in [2.24, 2.45) is 0 Å². The van der Waals surface area contributed by atoms with Crippen molar-refractivity contribution in [2.75, 3.05) is 6.54 Å². The maximum atomic E-state index is 12.4. The van der Waals surface area contributed by atoms with Crippen molar-refractivity contribution >= 4 is 5.91 Å². The zero-order valence-corrected chi connectivity index (χ0v) is 12.0.